The van der Waals surface area contributed by atoms with Crippen molar-refractivity contribution in [2.24, 2.45) is 0 Å². The van der Waals surface area contributed by atoms with Crippen LogP contribution in [0.5, 0.6) is 11.5 Å². The Morgan fingerprint density at radius 3 is 2.55 bits per heavy atom. The average molecular weight is 429 g/mol. The number of hydrogen-bond acceptors (Lipinski definition) is 6. The minimum atomic E-state index is -0.854. The lowest BCUT2D eigenvalue weighted by Crippen LogP contribution is -2.47. The summed E-state index contributed by atoms with van der Waals surface area (Å²) in [6.07, 6.45) is -0.702. The first-order valence-electron chi connectivity index (χ1n) is 9.64. The maximum absolute atomic E-state index is 12.9. The van der Waals surface area contributed by atoms with E-state index >= 15 is 0 Å². The molecule has 9 nitrogen and oxygen atoms in total. The number of carbonyl (C=O) groups excluding carboxylic acids is 3. The summed E-state index contributed by atoms with van der Waals surface area (Å²) < 4.78 is 29.0. The van der Waals surface area contributed by atoms with Gasteiger partial charge >= 0.3 is 11.8 Å². The normalized spacial score (nSPS) is 16.8. The summed E-state index contributed by atoms with van der Waals surface area (Å²) in [5.74, 6) is -1.29. The van der Waals surface area contributed by atoms with Crippen LogP contribution in [0.3, 0.4) is 0 Å². The van der Waals surface area contributed by atoms with E-state index in [-0.39, 0.29) is 31.6 Å². The number of nitrogens with zero attached hydrogens (tertiary/aromatic N) is 1. The summed E-state index contributed by atoms with van der Waals surface area (Å²) in [5.41, 5.74) is 1.06. The van der Waals surface area contributed by atoms with Gasteiger partial charge in [0.1, 0.15) is 12.0 Å². The fraction of sp³-hybridized carbons (Fsp3) is 0.286. The standard InChI is InChI=1S/C21H20FN3O6/c22-15-4-1-13(2-5-15)10-23-19(26)20(27)24-11-18-25(7-8-29-18)21(28)14-3-6-16-17(9-14)31-12-30-16/h1-6,9,18H,7-8,10-12H2,(H,23,26)(H,24,27)/t18-/m0/s1. The van der Waals surface area contributed by atoms with Gasteiger partial charge in [0.15, 0.2) is 11.5 Å². The molecule has 0 radical (unpaired) electrons. The predicted molar refractivity (Wildman–Crippen MR) is 105 cm³/mol. The van der Waals surface area contributed by atoms with E-state index in [1.165, 1.54) is 29.2 Å². The Morgan fingerprint density at radius 1 is 1.00 bits per heavy atom. The second-order valence-corrected chi connectivity index (χ2v) is 6.91. The van der Waals surface area contributed by atoms with E-state index in [4.69, 9.17) is 14.2 Å². The Hall–Kier alpha value is -3.66. The van der Waals surface area contributed by atoms with Crippen molar-refractivity contribution >= 4 is 17.7 Å². The number of hydrogen-bond donors (Lipinski definition) is 2. The number of halogens is 1. The molecular weight excluding hydrogens is 409 g/mol. The quantitative estimate of drug-likeness (QED) is 0.681. The van der Waals surface area contributed by atoms with Gasteiger partial charge in [-0.25, -0.2) is 4.39 Å². The van der Waals surface area contributed by atoms with E-state index in [2.05, 4.69) is 10.6 Å². The SMILES string of the molecule is O=C(NCc1ccc(F)cc1)C(=O)NC[C@@H]1OCCN1C(=O)c1ccc2c(c1)OCO2. The fourth-order valence-corrected chi connectivity index (χ4v) is 3.24. The molecule has 3 amide bonds. The van der Waals surface area contributed by atoms with Crippen LogP contribution in [0.1, 0.15) is 15.9 Å². The molecule has 31 heavy (non-hydrogen) atoms. The van der Waals surface area contributed by atoms with Crippen molar-refractivity contribution in [3.8, 4) is 11.5 Å². The van der Waals surface area contributed by atoms with E-state index in [1.807, 2.05) is 0 Å². The molecular formula is C21H20FN3O6. The van der Waals surface area contributed by atoms with E-state index in [9.17, 15) is 18.8 Å². The third-order valence-corrected chi connectivity index (χ3v) is 4.88. The number of fused-ring (bicyclic) bond motifs is 1. The molecule has 0 bridgehead atoms. The minimum Gasteiger partial charge on any atom is -0.454 e. The van der Waals surface area contributed by atoms with Crippen molar-refractivity contribution in [1.29, 1.82) is 0 Å². The summed E-state index contributed by atoms with van der Waals surface area (Å²) in [5, 5.41) is 4.93. The van der Waals surface area contributed by atoms with E-state index in [0.717, 1.165) is 0 Å². The Balaban J connectivity index is 1.29. The van der Waals surface area contributed by atoms with Gasteiger partial charge in [0.2, 0.25) is 6.79 Å². The first kappa shape index (κ1) is 20.6. The zero-order chi connectivity index (χ0) is 21.8. The molecule has 0 unspecified atom stereocenters. The van der Waals surface area contributed by atoms with Gasteiger partial charge in [0, 0.05) is 18.7 Å². The highest BCUT2D eigenvalue weighted by Gasteiger charge is 2.32. The molecule has 2 aliphatic heterocycles. The third-order valence-electron chi connectivity index (χ3n) is 4.88. The maximum Gasteiger partial charge on any atom is 0.309 e. The smallest absolute Gasteiger partial charge is 0.309 e. The third kappa shape index (κ3) is 4.75. The van der Waals surface area contributed by atoms with Crippen LogP contribution in [0.25, 0.3) is 0 Å². The zero-order valence-electron chi connectivity index (χ0n) is 16.4. The van der Waals surface area contributed by atoms with Crippen molar-refractivity contribution in [2.75, 3.05) is 26.5 Å². The highest BCUT2D eigenvalue weighted by atomic mass is 19.1. The first-order chi connectivity index (χ1) is 15.0. The summed E-state index contributed by atoms with van der Waals surface area (Å²) in [6.45, 7) is 0.816. The van der Waals surface area contributed by atoms with E-state index in [1.54, 1.807) is 18.2 Å². The number of benzene rings is 2. The number of amides is 3. The molecule has 1 fully saturated rings. The van der Waals surface area contributed by atoms with Crippen molar-refractivity contribution in [2.45, 2.75) is 12.8 Å². The summed E-state index contributed by atoms with van der Waals surface area (Å²) in [6, 6.07) is 10.5. The molecule has 0 aromatic heterocycles. The monoisotopic (exact) mass is 429 g/mol. The molecule has 0 saturated carbocycles. The van der Waals surface area contributed by atoms with Crippen molar-refractivity contribution in [1.82, 2.24) is 15.5 Å². The number of carbonyl (C=O) groups is 3. The van der Waals surface area contributed by atoms with Gasteiger partial charge in [-0.05, 0) is 35.9 Å². The van der Waals surface area contributed by atoms with Crippen molar-refractivity contribution in [3.63, 3.8) is 0 Å². The maximum atomic E-state index is 12.9. The molecule has 4 rings (SSSR count). The molecule has 2 N–H and O–H groups in total. The molecule has 2 aromatic rings. The molecule has 0 spiro atoms. The fourth-order valence-electron chi connectivity index (χ4n) is 3.24. The average Bonchev–Trinajstić information content (AvgIpc) is 3.45. The zero-order valence-corrected chi connectivity index (χ0v) is 16.4. The van der Waals surface area contributed by atoms with Crippen LogP contribution in [0, 0.1) is 5.82 Å². The molecule has 2 aliphatic rings. The Morgan fingerprint density at radius 2 is 1.74 bits per heavy atom. The molecule has 10 heteroatoms. The largest absolute Gasteiger partial charge is 0.454 e. The number of nitrogens with one attached hydrogen (secondary N) is 2. The van der Waals surface area contributed by atoms with Crippen molar-refractivity contribution in [3.05, 3.63) is 59.4 Å². The molecule has 162 valence electrons. The van der Waals surface area contributed by atoms with Crippen LogP contribution in [-0.4, -0.2) is 55.3 Å². The predicted octanol–water partition coefficient (Wildman–Crippen LogP) is 0.785. The molecule has 2 heterocycles. The Bertz CT molecular complexity index is 997. The van der Waals surface area contributed by atoms with Crippen LogP contribution in [0.4, 0.5) is 4.39 Å². The Labute approximate surface area is 177 Å². The van der Waals surface area contributed by atoms with Gasteiger partial charge in [-0.2, -0.15) is 0 Å². The van der Waals surface area contributed by atoms with Crippen LogP contribution in [-0.2, 0) is 20.9 Å². The van der Waals surface area contributed by atoms with Crippen molar-refractivity contribution < 1.29 is 33.0 Å². The highest BCUT2D eigenvalue weighted by Crippen LogP contribution is 2.33. The number of ether oxygens (including phenoxy) is 3. The molecule has 1 atom stereocenters. The summed E-state index contributed by atoms with van der Waals surface area (Å²) in [4.78, 5) is 38.4. The molecule has 0 aliphatic carbocycles. The van der Waals surface area contributed by atoms with E-state index in [0.29, 0.717) is 35.8 Å². The van der Waals surface area contributed by atoms with Crippen LogP contribution >= 0.6 is 0 Å². The van der Waals surface area contributed by atoms with Crippen LogP contribution in [0.15, 0.2) is 42.5 Å². The topological polar surface area (TPSA) is 106 Å². The lowest BCUT2D eigenvalue weighted by atomic mass is 10.1. The summed E-state index contributed by atoms with van der Waals surface area (Å²) >= 11 is 0. The minimum absolute atomic E-state index is 0.0426. The Kier molecular flexibility index (Phi) is 5.99. The van der Waals surface area contributed by atoms with Gasteiger partial charge in [-0.1, -0.05) is 12.1 Å². The lowest BCUT2D eigenvalue weighted by Gasteiger charge is -2.23. The van der Waals surface area contributed by atoms with Crippen LogP contribution in [0.2, 0.25) is 0 Å². The van der Waals surface area contributed by atoms with Gasteiger partial charge in [-0.15, -0.1) is 0 Å². The van der Waals surface area contributed by atoms with Gasteiger partial charge in [0.05, 0.1) is 13.2 Å². The lowest BCUT2D eigenvalue weighted by molar-refractivity contribution is -0.139. The van der Waals surface area contributed by atoms with Gasteiger partial charge in [-0.3, -0.25) is 14.4 Å². The van der Waals surface area contributed by atoms with Gasteiger partial charge < -0.3 is 29.7 Å². The second kappa shape index (κ2) is 9.00. The molecule has 1 saturated heterocycles. The highest BCUT2D eigenvalue weighted by molar-refractivity contribution is 6.35. The van der Waals surface area contributed by atoms with E-state index < -0.39 is 18.0 Å². The van der Waals surface area contributed by atoms with Crippen LogP contribution < -0.4 is 20.1 Å². The van der Waals surface area contributed by atoms with Gasteiger partial charge in [0.25, 0.3) is 5.91 Å². The first-order valence-corrected chi connectivity index (χ1v) is 9.64. The summed E-state index contributed by atoms with van der Waals surface area (Å²) in [7, 11) is 0. The number of rotatable bonds is 5. The molecule has 2 aromatic carbocycles. The second-order valence-electron chi connectivity index (χ2n) is 6.91.